The van der Waals surface area contributed by atoms with Gasteiger partial charge in [-0.1, -0.05) is 6.07 Å². The summed E-state index contributed by atoms with van der Waals surface area (Å²) in [5.74, 6) is 1.43. The molecule has 1 rings (SSSR count). The molecule has 1 atom stereocenters. The Morgan fingerprint density at radius 3 is 2.38 bits per heavy atom. The van der Waals surface area contributed by atoms with E-state index >= 15 is 0 Å². The zero-order valence-electron chi connectivity index (χ0n) is 10.2. The van der Waals surface area contributed by atoms with E-state index in [2.05, 4.69) is 0 Å². The van der Waals surface area contributed by atoms with Gasteiger partial charge in [0.25, 0.3) is 0 Å². The highest BCUT2D eigenvalue weighted by atomic mass is 16.5. The van der Waals surface area contributed by atoms with Gasteiger partial charge >= 0.3 is 0 Å². The van der Waals surface area contributed by atoms with Crippen LogP contribution in [0.15, 0.2) is 18.2 Å². The lowest BCUT2D eigenvalue weighted by molar-refractivity contribution is -0.0963. The van der Waals surface area contributed by atoms with Gasteiger partial charge in [-0.2, -0.15) is 5.06 Å². The highest BCUT2D eigenvalue weighted by Gasteiger charge is 2.10. The smallest absolute Gasteiger partial charge is 0.160 e. The first-order valence-electron chi connectivity index (χ1n) is 5.21. The van der Waals surface area contributed by atoms with Crippen molar-refractivity contribution in [3.8, 4) is 11.5 Å². The molecule has 16 heavy (non-hydrogen) atoms. The molecule has 1 N–H and O–H groups in total. The summed E-state index contributed by atoms with van der Waals surface area (Å²) in [6.45, 7) is 1.96. The summed E-state index contributed by atoms with van der Waals surface area (Å²) < 4.78 is 10.4. The molecule has 0 aliphatic rings. The monoisotopic (exact) mass is 225 g/mol. The largest absolute Gasteiger partial charge is 0.493 e. The lowest BCUT2D eigenvalue weighted by atomic mass is 10.1. The SMILES string of the molecule is COc1ccc(CC(C)N(C)O)cc1OC. The van der Waals surface area contributed by atoms with Crippen molar-refractivity contribution in [1.82, 2.24) is 5.06 Å². The van der Waals surface area contributed by atoms with Crippen LogP contribution in [0.2, 0.25) is 0 Å². The average Bonchev–Trinajstić information content (AvgIpc) is 2.28. The van der Waals surface area contributed by atoms with E-state index in [4.69, 9.17) is 9.47 Å². The Bertz CT molecular complexity index is 339. The first-order valence-corrected chi connectivity index (χ1v) is 5.21. The summed E-state index contributed by atoms with van der Waals surface area (Å²) in [6, 6.07) is 5.84. The summed E-state index contributed by atoms with van der Waals surface area (Å²) >= 11 is 0. The second kappa shape index (κ2) is 5.72. The number of nitrogens with zero attached hydrogens (tertiary/aromatic N) is 1. The van der Waals surface area contributed by atoms with E-state index in [-0.39, 0.29) is 6.04 Å². The lowest BCUT2D eigenvalue weighted by Gasteiger charge is -2.18. The van der Waals surface area contributed by atoms with E-state index in [1.54, 1.807) is 21.3 Å². The number of ether oxygens (including phenoxy) is 2. The Morgan fingerprint density at radius 2 is 1.88 bits per heavy atom. The highest BCUT2D eigenvalue weighted by Crippen LogP contribution is 2.28. The minimum atomic E-state index is 0.0677. The van der Waals surface area contributed by atoms with E-state index in [1.165, 1.54) is 5.06 Å². The molecule has 0 saturated carbocycles. The van der Waals surface area contributed by atoms with Crippen molar-refractivity contribution in [2.45, 2.75) is 19.4 Å². The topological polar surface area (TPSA) is 41.9 Å². The standard InChI is InChI=1S/C12H19NO3/c1-9(13(2)14)7-10-5-6-11(15-3)12(8-10)16-4/h5-6,8-9,14H,7H2,1-4H3. The molecular formula is C12H19NO3. The van der Waals surface area contributed by atoms with Crippen LogP contribution in [0.5, 0.6) is 11.5 Å². The van der Waals surface area contributed by atoms with Gasteiger partial charge in [0, 0.05) is 13.1 Å². The summed E-state index contributed by atoms with van der Waals surface area (Å²) in [5, 5.41) is 10.5. The van der Waals surface area contributed by atoms with Crippen LogP contribution in [-0.2, 0) is 6.42 Å². The molecule has 0 fully saturated rings. The van der Waals surface area contributed by atoms with Crippen LogP contribution in [0, 0.1) is 0 Å². The third-order valence-corrected chi connectivity index (χ3v) is 2.62. The molecule has 0 radical (unpaired) electrons. The predicted octanol–water partition coefficient (Wildman–Crippen LogP) is 1.96. The predicted molar refractivity (Wildman–Crippen MR) is 62.3 cm³/mol. The molecule has 0 aromatic heterocycles. The van der Waals surface area contributed by atoms with Crippen molar-refractivity contribution in [3.63, 3.8) is 0 Å². The zero-order chi connectivity index (χ0) is 12.1. The molecule has 0 aliphatic carbocycles. The van der Waals surface area contributed by atoms with Crippen LogP contribution in [0.25, 0.3) is 0 Å². The van der Waals surface area contributed by atoms with Crippen LogP contribution >= 0.6 is 0 Å². The number of likely N-dealkylation sites (N-methyl/N-ethyl adjacent to an activating group) is 1. The van der Waals surface area contributed by atoms with Gasteiger partial charge in [0.1, 0.15) is 0 Å². The minimum absolute atomic E-state index is 0.0677. The second-order valence-electron chi connectivity index (χ2n) is 3.82. The quantitative estimate of drug-likeness (QED) is 0.778. The molecule has 0 spiro atoms. The summed E-state index contributed by atoms with van der Waals surface area (Å²) in [7, 11) is 4.87. The molecule has 4 heteroatoms. The van der Waals surface area contributed by atoms with Crippen molar-refractivity contribution in [2.75, 3.05) is 21.3 Å². The Labute approximate surface area is 96.4 Å². The Morgan fingerprint density at radius 1 is 1.25 bits per heavy atom. The van der Waals surface area contributed by atoms with Gasteiger partial charge in [0.2, 0.25) is 0 Å². The third kappa shape index (κ3) is 3.12. The van der Waals surface area contributed by atoms with E-state index in [9.17, 15) is 5.21 Å². The number of rotatable bonds is 5. The molecule has 0 amide bonds. The van der Waals surface area contributed by atoms with Crippen LogP contribution < -0.4 is 9.47 Å². The summed E-state index contributed by atoms with van der Waals surface area (Å²) in [5.41, 5.74) is 1.10. The molecule has 1 aromatic rings. The molecule has 90 valence electrons. The molecule has 0 bridgehead atoms. The highest BCUT2D eigenvalue weighted by molar-refractivity contribution is 5.43. The molecule has 0 heterocycles. The summed E-state index contributed by atoms with van der Waals surface area (Å²) in [6.07, 6.45) is 0.757. The van der Waals surface area contributed by atoms with E-state index in [1.807, 2.05) is 25.1 Å². The maximum atomic E-state index is 9.29. The molecule has 1 aromatic carbocycles. The second-order valence-corrected chi connectivity index (χ2v) is 3.82. The van der Waals surface area contributed by atoms with Crippen molar-refractivity contribution < 1.29 is 14.7 Å². The Kier molecular flexibility index (Phi) is 4.58. The third-order valence-electron chi connectivity index (χ3n) is 2.62. The van der Waals surface area contributed by atoms with E-state index in [0.29, 0.717) is 5.75 Å². The van der Waals surface area contributed by atoms with Crippen molar-refractivity contribution in [2.24, 2.45) is 0 Å². The number of methoxy groups -OCH3 is 2. The van der Waals surface area contributed by atoms with Crippen molar-refractivity contribution in [1.29, 1.82) is 0 Å². The molecule has 0 saturated heterocycles. The van der Waals surface area contributed by atoms with Gasteiger partial charge in [-0.15, -0.1) is 0 Å². The van der Waals surface area contributed by atoms with Gasteiger partial charge in [0.05, 0.1) is 14.2 Å². The fourth-order valence-corrected chi connectivity index (χ4v) is 1.48. The first kappa shape index (κ1) is 12.8. The number of hydrogen-bond donors (Lipinski definition) is 1. The maximum absolute atomic E-state index is 9.29. The molecular weight excluding hydrogens is 206 g/mol. The van der Waals surface area contributed by atoms with E-state index in [0.717, 1.165) is 17.7 Å². The normalized spacial score (nSPS) is 12.6. The Hall–Kier alpha value is -1.26. The number of hydrogen-bond acceptors (Lipinski definition) is 4. The van der Waals surface area contributed by atoms with Crippen molar-refractivity contribution >= 4 is 0 Å². The van der Waals surface area contributed by atoms with Gasteiger partial charge < -0.3 is 14.7 Å². The van der Waals surface area contributed by atoms with Gasteiger partial charge in [-0.3, -0.25) is 0 Å². The lowest BCUT2D eigenvalue weighted by Crippen LogP contribution is -2.27. The van der Waals surface area contributed by atoms with Crippen LogP contribution in [0.4, 0.5) is 0 Å². The summed E-state index contributed by atoms with van der Waals surface area (Å²) in [4.78, 5) is 0. The number of benzene rings is 1. The van der Waals surface area contributed by atoms with Gasteiger partial charge in [0.15, 0.2) is 11.5 Å². The van der Waals surface area contributed by atoms with E-state index < -0.39 is 0 Å². The average molecular weight is 225 g/mol. The molecule has 4 nitrogen and oxygen atoms in total. The zero-order valence-corrected chi connectivity index (χ0v) is 10.2. The number of hydroxylamine groups is 2. The maximum Gasteiger partial charge on any atom is 0.160 e. The van der Waals surface area contributed by atoms with Crippen molar-refractivity contribution in [3.05, 3.63) is 23.8 Å². The molecule has 0 aliphatic heterocycles. The van der Waals surface area contributed by atoms with Gasteiger partial charge in [-0.25, -0.2) is 0 Å². The molecule has 1 unspecified atom stereocenters. The van der Waals surface area contributed by atoms with Gasteiger partial charge in [-0.05, 0) is 31.0 Å². The first-order chi connectivity index (χ1) is 7.58. The Balaban J connectivity index is 2.82. The van der Waals surface area contributed by atoms with Crippen LogP contribution in [0.3, 0.4) is 0 Å². The van der Waals surface area contributed by atoms with Crippen LogP contribution in [-0.4, -0.2) is 37.6 Å². The fraction of sp³-hybridized carbons (Fsp3) is 0.500. The minimum Gasteiger partial charge on any atom is -0.493 e. The fourth-order valence-electron chi connectivity index (χ4n) is 1.48. The van der Waals surface area contributed by atoms with Crippen LogP contribution in [0.1, 0.15) is 12.5 Å².